The number of alkyl halides is 3. The summed E-state index contributed by atoms with van der Waals surface area (Å²) in [5, 5.41) is 0. The molecule has 1 N–H and O–H groups in total. The lowest BCUT2D eigenvalue weighted by Crippen LogP contribution is -2.39. The molecule has 0 spiro atoms. The molecule has 4 heterocycles. The molecular formula is C16H15F3N6O. The van der Waals surface area contributed by atoms with Crippen molar-refractivity contribution in [1.82, 2.24) is 29.2 Å². The zero-order valence-corrected chi connectivity index (χ0v) is 13.6. The van der Waals surface area contributed by atoms with Crippen molar-refractivity contribution >= 4 is 11.7 Å². The number of halogens is 3. The second kappa shape index (κ2) is 6.11. The summed E-state index contributed by atoms with van der Waals surface area (Å²) in [6, 6.07) is 0.472. The van der Waals surface area contributed by atoms with Crippen LogP contribution >= 0.6 is 0 Å². The predicted octanol–water partition coefficient (Wildman–Crippen LogP) is 2.84. The number of aromatic nitrogens is 5. The molecule has 1 fully saturated rings. The highest BCUT2D eigenvalue weighted by atomic mass is 19.4. The maximum absolute atomic E-state index is 13.5. The Kier molecular flexibility index (Phi) is 3.89. The molecule has 0 radical (unpaired) electrons. The molecule has 0 aromatic carbocycles. The summed E-state index contributed by atoms with van der Waals surface area (Å²) in [6.07, 6.45) is 2.88. The molecule has 10 heteroatoms. The van der Waals surface area contributed by atoms with Gasteiger partial charge in [0.2, 0.25) is 5.78 Å². The molecule has 7 nitrogen and oxygen atoms in total. The smallest absolute Gasteiger partial charge is 0.341 e. The summed E-state index contributed by atoms with van der Waals surface area (Å²) in [6.45, 7) is 0.450. The first-order chi connectivity index (χ1) is 12.4. The Balaban J connectivity index is 1.78. The van der Waals surface area contributed by atoms with E-state index in [0.29, 0.717) is 18.7 Å². The summed E-state index contributed by atoms with van der Waals surface area (Å²) in [5.74, 6) is -0.333. The molecule has 1 saturated heterocycles. The molecule has 26 heavy (non-hydrogen) atoms. The van der Waals surface area contributed by atoms with Crippen molar-refractivity contribution in [2.45, 2.75) is 31.5 Å². The number of rotatable bonds is 2. The lowest BCUT2D eigenvalue weighted by atomic mass is 9.98. The molecule has 4 rings (SSSR count). The van der Waals surface area contributed by atoms with Gasteiger partial charge in [-0.1, -0.05) is 0 Å². The summed E-state index contributed by atoms with van der Waals surface area (Å²) in [5.41, 5.74) is -0.354. The van der Waals surface area contributed by atoms with Crippen LogP contribution in [0.4, 0.5) is 13.2 Å². The highest BCUT2D eigenvalue weighted by molar-refractivity contribution is 5.92. The molecule has 0 bridgehead atoms. The van der Waals surface area contributed by atoms with Gasteiger partial charge in [-0.05, 0) is 25.3 Å². The fraction of sp³-hybridized carbons (Fsp3) is 0.375. The van der Waals surface area contributed by atoms with Gasteiger partial charge in [0.05, 0.1) is 24.3 Å². The van der Waals surface area contributed by atoms with Crippen LogP contribution in [0.1, 0.15) is 47.2 Å². The van der Waals surface area contributed by atoms with E-state index < -0.39 is 17.9 Å². The Morgan fingerprint density at radius 3 is 2.88 bits per heavy atom. The van der Waals surface area contributed by atoms with Gasteiger partial charge in [-0.2, -0.15) is 13.2 Å². The summed E-state index contributed by atoms with van der Waals surface area (Å²) < 4.78 is 41.3. The average Bonchev–Trinajstić information content (AvgIpc) is 3.30. The lowest BCUT2D eigenvalue weighted by molar-refractivity contribution is -0.142. The van der Waals surface area contributed by atoms with Gasteiger partial charge in [-0.3, -0.25) is 9.20 Å². The van der Waals surface area contributed by atoms with E-state index in [1.165, 1.54) is 24.9 Å². The molecule has 1 aliphatic rings. The van der Waals surface area contributed by atoms with Crippen molar-refractivity contribution in [1.29, 1.82) is 0 Å². The van der Waals surface area contributed by atoms with Gasteiger partial charge in [0, 0.05) is 18.9 Å². The highest BCUT2D eigenvalue weighted by Gasteiger charge is 2.37. The number of carbonyl (C=O) groups excluding carboxylic acids is 1. The van der Waals surface area contributed by atoms with Gasteiger partial charge in [0.1, 0.15) is 11.4 Å². The van der Waals surface area contributed by atoms with Crippen LogP contribution in [0, 0.1) is 0 Å². The first kappa shape index (κ1) is 16.6. The summed E-state index contributed by atoms with van der Waals surface area (Å²) in [7, 11) is 0. The van der Waals surface area contributed by atoms with Gasteiger partial charge in [-0.25, -0.2) is 15.0 Å². The first-order valence-corrected chi connectivity index (χ1v) is 8.15. The van der Waals surface area contributed by atoms with Crippen LogP contribution in [0.15, 0.2) is 31.0 Å². The van der Waals surface area contributed by atoms with E-state index >= 15 is 0 Å². The molecule has 3 aromatic rings. The number of hydrogen-bond donors (Lipinski definition) is 1. The Bertz CT molecular complexity index is 933. The van der Waals surface area contributed by atoms with Crippen LogP contribution in [0.25, 0.3) is 5.78 Å². The number of fused-ring (bicyclic) bond motifs is 1. The van der Waals surface area contributed by atoms with Crippen molar-refractivity contribution in [3.05, 3.63) is 48.1 Å². The van der Waals surface area contributed by atoms with Crippen LogP contribution in [0.2, 0.25) is 0 Å². The second-order valence-corrected chi connectivity index (χ2v) is 6.14. The Morgan fingerprint density at radius 2 is 2.15 bits per heavy atom. The van der Waals surface area contributed by atoms with Crippen molar-refractivity contribution < 1.29 is 18.0 Å². The number of amides is 1. The minimum atomic E-state index is -4.55. The van der Waals surface area contributed by atoms with Gasteiger partial charge < -0.3 is 9.88 Å². The predicted molar refractivity (Wildman–Crippen MR) is 84.2 cm³/mol. The van der Waals surface area contributed by atoms with Crippen LogP contribution < -0.4 is 0 Å². The maximum atomic E-state index is 13.5. The van der Waals surface area contributed by atoms with Crippen LogP contribution in [0.5, 0.6) is 0 Å². The lowest BCUT2D eigenvalue weighted by Gasteiger charge is -2.35. The number of nitrogens with one attached hydrogen (secondary N) is 1. The molecule has 3 aromatic heterocycles. The largest absolute Gasteiger partial charge is 0.431 e. The molecule has 1 atom stereocenters. The maximum Gasteiger partial charge on any atom is 0.431 e. The number of piperidine rings is 1. The van der Waals surface area contributed by atoms with Crippen LogP contribution in [0.3, 0.4) is 0 Å². The molecule has 0 unspecified atom stereocenters. The zero-order chi connectivity index (χ0) is 18.3. The van der Waals surface area contributed by atoms with E-state index in [1.807, 2.05) is 0 Å². The van der Waals surface area contributed by atoms with E-state index in [9.17, 15) is 18.0 Å². The zero-order valence-electron chi connectivity index (χ0n) is 13.6. The van der Waals surface area contributed by atoms with Crippen LogP contribution in [-0.2, 0) is 6.18 Å². The Morgan fingerprint density at radius 1 is 1.31 bits per heavy atom. The third-order valence-corrected chi connectivity index (χ3v) is 4.52. The van der Waals surface area contributed by atoms with Gasteiger partial charge >= 0.3 is 6.18 Å². The van der Waals surface area contributed by atoms with Crippen LogP contribution in [-0.4, -0.2) is 41.7 Å². The molecule has 1 aliphatic heterocycles. The third kappa shape index (κ3) is 2.80. The Labute approximate surface area is 145 Å². The first-order valence-electron chi connectivity index (χ1n) is 8.15. The molecule has 0 saturated carbocycles. The molecular weight excluding hydrogens is 349 g/mol. The van der Waals surface area contributed by atoms with E-state index in [-0.39, 0.29) is 17.4 Å². The minimum Gasteiger partial charge on any atom is -0.341 e. The van der Waals surface area contributed by atoms with E-state index in [2.05, 4.69) is 19.9 Å². The fourth-order valence-electron chi connectivity index (χ4n) is 3.32. The van der Waals surface area contributed by atoms with Crippen molar-refractivity contribution in [3.63, 3.8) is 0 Å². The monoisotopic (exact) mass is 364 g/mol. The Hall–Kier alpha value is -2.91. The van der Waals surface area contributed by atoms with Crippen molar-refractivity contribution in [2.24, 2.45) is 0 Å². The molecule has 136 valence electrons. The number of hydrogen-bond acceptors (Lipinski definition) is 4. The van der Waals surface area contributed by atoms with Gasteiger partial charge in [-0.15, -0.1) is 0 Å². The standard InChI is InChI=1S/C16H15F3N6O/c17-16(18,19)13-7-10(23-15-21-4-6-25(13)15)12-3-1-2-5-24(12)14(26)11-8-20-9-22-11/h4,6-9,12H,1-3,5H2,(H,20,22)/t12-/m1/s1. The van der Waals surface area contributed by atoms with Gasteiger partial charge in [0.15, 0.2) is 0 Å². The van der Waals surface area contributed by atoms with Crippen molar-refractivity contribution in [3.8, 4) is 0 Å². The average molecular weight is 364 g/mol. The number of imidazole rings is 2. The van der Waals surface area contributed by atoms with Crippen molar-refractivity contribution in [2.75, 3.05) is 6.54 Å². The van der Waals surface area contributed by atoms with E-state index in [4.69, 9.17) is 0 Å². The number of nitrogens with zero attached hydrogens (tertiary/aromatic N) is 5. The van der Waals surface area contributed by atoms with E-state index in [1.54, 1.807) is 4.90 Å². The number of aromatic amines is 1. The highest BCUT2D eigenvalue weighted by Crippen LogP contribution is 2.35. The normalized spacial score (nSPS) is 18.4. The SMILES string of the molecule is O=C(c1cnc[nH]1)N1CCCC[C@@H]1c1cc(C(F)(F)F)n2ccnc2n1. The fourth-order valence-corrected chi connectivity index (χ4v) is 3.32. The van der Waals surface area contributed by atoms with E-state index in [0.717, 1.165) is 23.3 Å². The molecule has 0 aliphatic carbocycles. The summed E-state index contributed by atoms with van der Waals surface area (Å²) >= 11 is 0. The summed E-state index contributed by atoms with van der Waals surface area (Å²) in [4.78, 5) is 29.0. The number of carbonyl (C=O) groups is 1. The quantitative estimate of drug-likeness (QED) is 0.758. The minimum absolute atomic E-state index is 0.0330. The second-order valence-electron chi connectivity index (χ2n) is 6.14. The molecule has 1 amide bonds. The third-order valence-electron chi connectivity index (χ3n) is 4.52. The topological polar surface area (TPSA) is 79.2 Å². The number of H-pyrrole nitrogens is 1. The van der Waals surface area contributed by atoms with Gasteiger partial charge in [0.25, 0.3) is 5.91 Å². The number of likely N-dealkylation sites (tertiary alicyclic amines) is 1.